The summed E-state index contributed by atoms with van der Waals surface area (Å²) in [7, 11) is 0. The summed E-state index contributed by atoms with van der Waals surface area (Å²) in [6.45, 7) is 5.10. The van der Waals surface area contributed by atoms with Gasteiger partial charge in [-0.3, -0.25) is 4.90 Å². The van der Waals surface area contributed by atoms with Gasteiger partial charge < -0.3 is 19.7 Å². The zero-order chi connectivity index (χ0) is 23.7. The van der Waals surface area contributed by atoms with Gasteiger partial charge in [0.05, 0.1) is 24.5 Å². The molecular formula is C26H26F3N3O2. The quantitative estimate of drug-likeness (QED) is 0.675. The van der Waals surface area contributed by atoms with Crippen molar-refractivity contribution in [3.63, 3.8) is 0 Å². The van der Waals surface area contributed by atoms with Crippen LogP contribution in [0.5, 0.6) is 0 Å². The minimum Gasteiger partial charge on any atom is -0.489 e. The minimum atomic E-state index is -0.641. The van der Waals surface area contributed by atoms with E-state index in [0.717, 1.165) is 30.0 Å². The van der Waals surface area contributed by atoms with Gasteiger partial charge in [-0.05, 0) is 49.4 Å². The van der Waals surface area contributed by atoms with Gasteiger partial charge in [-0.15, -0.1) is 0 Å². The average Bonchev–Trinajstić information content (AvgIpc) is 3.17. The van der Waals surface area contributed by atoms with E-state index in [2.05, 4.69) is 10.2 Å². The number of ether oxygens (including phenoxy) is 2. The molecule has 0 aromatic heterocycles. The Morgan fingerprint density at radius 1 is 1.06 bits per heavy atom. The molecule has 34 heavy (non-hydrogen) atoms. The van der Waals surface area contributed by atoms with Crippen molar-refractivity contribution < 1.29 is 22.6 Å². The molecule has 8 heteroatoms. The van der Waals surface area contributed by atoms with Crippen LogP contribution in [-0.2, 0) is 22.6 Å². The van der Waals surface area contributed by atoms with E-state index in [0.29, 0.717) is 31.1 Å². The van der Waals surface area contributed by atoms with Crippen LogP contribution < -0.4 is 5.32 Å². The zero-order valence-electron chi connectivity index (χ0n) is 18.9. The molecule has 2 aromatic rings. The Balaban J connectivity index is 1.34. The summed E-state index contributed by atoms with van der Waals surface area (Å²) in [5.74, 6) is -0.981. The molecule has 1 N–H and O–H groups in total. The second kappa shape index (κ2) is 9.56. The number of benzene rings is 2. The molecular weight excluding hydrogens is 443 g/mol. The minimum absolute atomic E-state index is 0.112. The number of rotatable bonds is 6. The van der Waals surface area contributed by atoms with Gasteiger partial charge in [0, 0.05) is 42.7 Å². The standard InChI is InChI=1S/C26H26F3N3O2/c1-17-25(18-7-8-21(27)19(14-18)15-31-10-12-33-13-11-31)32-9-3-6-24(26(32)30-17)34-16-20-22(28)4-2-5-23(20)29/h2-9,14,26,30H,10-13,15-16H2,1H3. The highest BCUT2D eigenvalue weighted by atomic mass is 19.1. The monoisotopic (exact) mass is 469 g/mol. The van der Waals surface area contributed by atoms with E-state index in [1.54, 1.807) is 12.1 Å². The van der Waals surface area contributed by atoms with E-state index in [9.17, 15) is 13.2 Å². The SMILES string of the molecule is CC1=C(c2ccc(F)c(CN3CCOCC3)c2)N2C=CC=C(OCc3c(F)cccc3F)C2N1. The van der Waals surface area contributed by atoms with Crippen LogP contribution >= 0.6 is 0 Å². The molecule has 0 spiro atoms. The Morgan fingerprint density at radius 2 is 1.82 bits per heavy atom. The van der Waals surface area contributed by atoms with Crippen LogP contribution in [0.2, 0.25) is 0 Å². The van der Waals surface area contributed by atoms with Gasteiger partial charge in [0.2, 0.25) is 0 Å². The molecule has 3 aliphatic rings. The van der Waals surface area contributed by atoms with Crippen molar-refractivity contribution in [1.82, 2.24) is 15.1 Å². The molecule has 0 saturated carbocycles. The maximum atomic E-state index is 14.6. The summed E-state index contributed by atoms with van der Waals surface area (Å²) in [5.41, 5.74) is 3.19. The van der Waals surface area contributed by atoms with Gasteiger partial charge in [0.25, 0.3) is 0 Å². The molecule has 5 nitrogen and oxygen atoms in total. The smallest absolute Gasteiger partial charge is 0.162 e. The Labute approximate surface area is 196 Å². The highest BCUT2D eigenvalue weighted by molar-refractivity contribution is 5.71. The van der Waals surface area contributed by atoms with Crippen molar-refractivity contribution in [2.45, 2.75) is 26.2 Å². The van der Waals surface area contributed by atoms with Gasteiger partial charge in [0.15, 0.2) is 6.17 Å². The average molecular weight is 470 g/mol. The first kappa shape index (κ1) is 22.6. The van der Waals surface area contributed by atoms with Crippen LogP contribution in [-0.4, -0.2) is 42.3 Å². The Morgan fingerprint density at radius 3 is 2.59 bits per heavy atom. The molecule has 0 radical (unpaired) electrons. The van der Waals surface area contributed by atoms with Gasteiger partial charge in [-0.1, -0.05) is 6.07 Å². The van der Waals surface area contributed by atoms with E-state index in [1.807, 2.05) is 30.2 Å². The molecule has 3 heterocycles. The molecule has 1 saturated heterocycles. The fraction of sp³-hybridized carbons (Fsp3) is 0.308. The van der Waals surface area contributed by atoms with Crippen LogP contribution in [0.4, 0.5) is 13.2 Å². The zero-order valence-corrected chi connectivity index (χ0v) is 18.9. The van der Waals surface area contributed by atoms with Crippen LogP contribution in [0, 0.1) is 17.5 Å². The van der Waals surface area contributed by atoms with Gasteiger partial charge >= 0.3 is 0 Å². The number of nitrogens with zero attached hydrogens (tertiary/aromatic N) is 2. The lowest BCUT2D eigenvalue weighted by atomic mass is 10.0. The summed E-state index contributed by atoms with van der Waals surface area (Å²) in [5, 5.41) is 3.39. The highest BCUT2D eigenvalue weighted by Crippen LogP contribution is 2.35. The van der Waals surface area contributed by atoms with E-state index in [-0.39, 0.29) is 24.2 Å². The second-order valence-corrected chi connectivity index (χ2v) is 8.52. The number of morpholine rings is 1. The number of allylic oxidation sites excluding steroid dienone is 3. The van der Waals surface area contributed by atoms with Crippen molar-refractivity contribution in [3.05, 3.63) is 100 Å². The van der Waals surface area contributed by atoms with Crippen molar-refractivity contribution in [2.24, 2.45) is 0 Å². The molecule has 2 aromatic carbocycles. The summed E-state index contributed by atoms with van der Waals surface area (Å²) < 4.78 is 53.9. The number of nitrogens with one attached hydrogen (secondary N) is 1. The Kier molecular flexibility index (Phi) is 6.34. The van der Waals surface area contributed by atoms with Gasteiger partial charge in [0.1, 0.15) is 29.8 Å². The molecule has 5 rings (SSSR count). The lowest BCUT2D eigenvalue weighted by Gasteiger charge is -2.30. The van der Waals surface area contributed by atoms with Crippen LogP contribution in [0.15, 0.2) is 66.2 Å². The fourth-order valence-electron chi connectivity index (χ4n) is 4.52. The number of hydrogen-bond acceptors (Lipinski definition) is 5. The molecule has 1 fully saturated rings. The van der Waals surface area contributed by atoms with Crippen LogP contribution in [0.25, 0.3) is 5.70 Å². The summed E-state index contributed by atoms with van der Waals surface area (Å²) in [4.78, 5) is 4.17. The number of fused-ring (bicyclic) bond motifs is 1. The van der Waals surface area contributed by atoms with Crippen molar-refractivity contribution in [2.75, 3.05) is 26.3 Å². The first-order valence-corrected chi connectivity index (χ1v) is 11.3. The number of halogens is 3. The number of hydrogen-bond donors (Lipinski definition) is 1. The highest BCUT2D eigenvalue weighted by Gasteiger charge is 2.34. The lowest BCUT2D eigenvalue weighted by molar-refractivity contribution is 0.0337. The Bertz CT molecular complexity index is 1150. The van der Waals surface area contributed by atoms with Gasteiger partial charge in [-0.25, -0.2) is 13.2 Å². The third-order valence-corrected chi connectivity index (χ3v) is 6.28. The summed E-state index contributed by atoms with van der Waals surface area (Å²) in [6.07, 6.45) is 5.15. The summed E-state index contributed by atoms with van der Waals surface area (Å²) >= 11 is 0. The lowest BCUT2D eigenvalue weighted by Crippen LogP contribution is -2.38. The second-order valence-electron chi connectivity index (χ2n) is 8.52. The predicted octanol–water partition coefficient (Wildman–Crippen LogP) is 4.48. The first-order chi connectivity index (χ1) is 16.5. The maximum Gasteiger partial charge on any atom is 0.162 e. The van der Waals surface area contributed by atoms with Crippen molar-refractivity contribution >= 4 is 5.70 Å². The van der Waals surface area contributed by atoms with Crippen LogP contribution in [0.3, 0.4) is 0 Å². The Hall–Kier alpha value is -3.23. The summed E-state index contributed by atoms with van der Waals surface area (Å²) in [6, 6.07) is 8.90. The largest absolute Gasteiger partial charge is 0.489 e. The topological polar surface area (TPSA) is 37.0 Å². The maximum absolute atomic E-state index is 14.6. The molecule has 0 amide bonds. The molecule has 178 valence electrons. The third kappa shape index (κ3) is 4.43. The first-order valence-electron chi connectivity index (χ1n) is 11.3. The van der Waals surface area contributed by atoms with E-state index in [1.165, 1.54) is 24.3 Å². The van der Waals surface area contributed by atoms with Crippen molar-refractivity contribution in [3.8, 4) is 0 Å². The predicted molar refractivity (Wildman–Crippen MR) is 122 cm³/mol. The van der Waals surface area contributed by atoms with Crippen molar-refractivity contribution in [1.29, 1.82) is 0 Å². The molecule has 1 atom stereocenters. The molecule has 3 aliphatic heterocycles. The normalized spacial score (nSPS) is 20.3. The van der Waals surface area contributed by atoms with E-state index >= 15 is 0 Å². The third-order valence-electron chi connectivity index (χ3n) is 6.28. The van der Waals surface area contributed by atoms with E-state index in [4.69, 9.17) is 9.47 Å². The van der Waals surface area contributed by atoms with E-state index < -0.39 is 11.6 Å². The fourth-order valence-corrected chi connectivity index (χ4v) is 4.52. The van der Waals surface area contributed by atoms with Gasteiger partial charge in [-0.2, -0.15) is 0 Å². The molecule has 0 aliphatic carbocycles. The molecule has 1 unspecified atom stereocenters. The van der Waals surface area contributed by atoms with Crippen LogP contribution in [0.1, 0.15) is 23.6 Å². The molecule has 0 bridgehead atoms.